The van der Waals surface area contributed by atoms with E-state index in [1.54, 1.807) is 11.0 Å². The van der Waals surface area contributed by atoms with Gasteiger partial charge in [0.05, 0.1) is 6.67 Å². The molecule has 124 valence electrons. The summed E-state index contributed by atoms with van der Waals surface area (Å²) in [6, 6.07) is 9.65. The fourth-order valence-corrected chi connectivity index (χ4v) is 2.35. The molecular weight excluding hydrogens is 292 g/mol. The van der Waals surface area contributed by atoms with Crippen molar-refractivity contribution in [3.63, 3.8) is 0 Å². The van der Waals surface area contributed by atoms with E-state index in [0.717, 1.165) is 5.56 Å². The van der Waals surface area contributed by atoms with Gasteiger partial charge in [-0.25, -0.2) is 0 Å². The second-order valence-corrected chi connectivity index (χ2v) is 5.94. The van der Waals surface area contributed by atoms with E-state index in [0.29, 0.717) is 12.2 Å². The summed E-state index contributed by atoms with van der Waals surface area (Å²) >= 11 is 0. The quantitative estimate of drug-likeness (QED) is 0.806. The number of benzene rings is 1. The molecule has 2 N–H and O–H groups in total. The van der Waals surface area contributed by atoms with Gasteiger partial charge in [0.25, 0.3) is 5.91 Å². The van der Waals surface area contributed by atoms with Gasteiger partial charge in [0.2, 0.25) is 5.91 Å². The molecule has 1 heterocycles. The van der Waals surface area contributed by atoms with Gasteiger partial charge in [-0.05, 0) is 32.7 Å². The average molecular weight is 316 g/mol. The number of carbonyl (C=O) groups is 2. The van der Waals surface area contributed by atoms with Gasteiger partial charge in [-0.2, -0.15) is 0 Å². The number of rotatable bonds is 5. The summed E-state index contributed by atoms with van der Waals surface area (Å²) in [7, 11) is 3.90. The summed E-state index contributed by atoms with van der Waals surface area (Å²) in [5.41, 5.74) is 6.87. The van der Waals surface area contributed by atoms with Crippen molar-refractivity contribution in [2.45, 2.75) is 13.0 Å². The fraction of sp³-hybridized carbons (Fsp3) is 0.412. The lowest BCUT2D eigenvalue weighted by atomic mass is 10.1. The number of amides is 2. The van der Waals surface area contributed by atoms with Crippen LogP contribution in [0.2, 0.25) is 0 Å². The second kappa shape index (κ2) is 7.39. The third-order valence-corrected chi connectivity index (χ3v) is 4.08. The van der Waals surface area contributed by atoms with E-state index >= 15 is 0 Å². The molecule has 0 saturated carbocycles. The summed E-state index contributed by atoms with van der Waals surface area (Å²) in [6.07, 6.45) is 1.75. The Hall–Kier alpha value is -2.18. The van der Waals surface area contributed by atoms with Crippen LogP contribution >= 0.6 is 0 Å². The van der Waals surface area contributed by atoms with E-state index in [9.17, 15) is 9.59 Å². The van der Waals surface area contributed by atoms with Crippen molar-refractivity contribution >= 4 is 17.9 Å². The fourth-order valence-electron chi connectivity index (χ4n) is 2.35. The summed E-state index contributed by atoms with van der Waals surface area (Å²) in [5, 5.41) is 0. The number of nitrogens with two attached hydrogens (primary N) is 1. The van der Waals surface area contributed by atoms with Gasteiger partial charge in [-0.1, -0.05) is 30.3 Å². The predicted octanol–water partition coefficient (Wildman–Crippen LogP) is 0.565. The van der Waals surface area contributed by atoms with E-state index in [2.05, 4.69) is 0 Å². The van der Waals surface area contributed by atoms with Gasteiger partial charge >= 0.3 is 0 Å². The molecule has 0 aromatic heterocycles. The Labute approximate surface area is 137 Å². The van der Waals surface area contributed by atoms with E-state index in [1.165, 1.54) is 4.90 Å². The molecule has 6 nitrogen and oxygen atoms in total. The van der Waals surface area contributed by atoms with Crippen LogP contribution in [0.4, 0.5) is 0 Å². The molecule has 1 aliphatic heterocycles. The maximum atomic E-state index is 12.6. The Morgan fingerprint density at radius 2 is 1.91 bits per heavy atom. The van der Waals surface area contributed by atoms with Crippen molar-refractivity contribution in [2.24, 2.45) is 5.73 Å². The predicted molar refractivity (Wildman–Crippen MR) is 90.0 cm³/mol. The molecule has 1 unspecified atom stereocenters. The van der Waals surface area contributed by atoms with Crippen LogP contribution in [-0.4, -0.2) is 66.4 Å². The minimum absolute atomic E-state index is 0.0294. The summed E-state index contributed by atoms with van der Waals surface area (Å²) in [6.45, 7) is 2.55. The van der Waals surface area contributed by atoms with Gasteiger partial charge in [0.1, 0.15) is 12.2 Å². The molecule has 23 heavy (non-hydrogen) atoms. The molecule has 0 radical (unpaired) electrons. The van der Waals surface area contributed by atoms with Crippen molar-refractivity contribution < 1.29 is 9.59 Å². The first-order chi connectivity index (χ1) is 10.9. The van der Waals surface area contributed by atoms with E-state index in [4.69, 9.17) is 5.73 Å². The van der Waals surface area contributed by atoms with Crippen molar-refractivity contribution in [3.05, 3.63) is 41.6 Å². The van der Waals surface area contributed by atoms with E-state index in [-0.39, 0.29) is 31.1 Å². The molecule has 1 aromatic carbocycles. The van der Waals surface area contributed by atoms with Gasteiger partial charge in [-0.3, -0.25) is 9.59 Å². The highest BCUT2D eigenvalue weighted by atomic mass is 16.2. The first kappa shape index (κ1) is 17.2. The normalized spacial score (nSPS) is 18.9. The monoisotopic (exact) mass is 316 g/mol. The Bertz CT molecular complexity index is 598. The number of piperazine rings is 1. The minimum Gasteiger partial charge on any atom is -0.315 e. The highest BCUT2D eigenvalue weighted by Crippen LogP contribution is 2.20. The SMILES string of the molecule is CC(CN1C(=O)CN(CN)C(=O)C1=Cc1ccccc1)N(C)C. The molecule has 1 aromatic rings. The van der Waals surface area contributed by atoms with Crippen LogP contribution in [0.5, 0.6) is 0 Å². The molecule has 0 spiro atoms. The Kier molecular flexibility index (Phi) is 5.52. The standard InChI is InChI=1S/C17H24N4O2/c1-13(19(2)3)10-21-15(9-14-7-5-4-6-8-14)17(23)20(12-18)11-16(21)22/h4-9,13H,10-12,18H2,1-3H3. The molecule has 0 bridgehead atoms. The van der Waals surface area contributed by atoms with Gasteiger partial charge in [0.15, 0.2) is 0 Å². The highest BCUT2D eigenvalue weighted by molar-refractivity contribution is 6.06. The number of nitrogens with zero attached hydrogens (tertiary/aromatic N) is 3. The lowest BCUT2D eigenvalue weighted by molar-refractivity contribution is -0.145. The van der Waals surface area contributed by atoms with E-state index in [1.807, 2.05) is 56.3 Å². The summed E-state index contributed by atoms with van der Waals surface area (Å²) < 4.78 is 0. The molecule has 2 amide bonds. The van der Waals surface area contributed by atoms with Crippen LogP contribution in [0.25, 0.3) is 6.08 Å². The second-order valence-electron chi connectivity index (χ2n) is 5.94. The van der Waals surface area contributed by atoms with Crippen molar-refractivity contribution in [2.75, 3.05) is 33.9 Å². The van der Waals surface area contributed by atoms with Gasteiger partial charge in [0, 0.05) is 12.6 Å². The number of likely N-dealkylation sites (N-methyl/N-ethyl adjacent to an activating group) is 1. The van der Waals surface area contributed by atoms with Crippen molar-refractivity contribution in [1.29, 1.82) is 0 Å². The summed E-state index contributed by atoms with van der Waals surface area (Å²) in [4.78, 5) is 30.1. The molecule has 1 aliphatic rings. The molecule has 0 aliphatic carbocycles. The molecule has 1 saturated heterocycles. The Morgan fingerprint density at radius 3 is 2.48 bits per heavy atom. The largest absolute Gasteiger partial charge is 0.315 e. The zero-order valence-corrected chi connectivity index (χ0v) is 13.9. The van der Waals surface area contributed by atoms with Gasteiger partial charge < -0.3 is 20.4 Å². The van der Waals surface area contributed by atoms with E-state index < -0.39 is 0 Å². The van der Waals surface area contributed by atoms with Crippen LogP contribution in [0.1, 0.15) is 12.5 Å². The van der Waals surface area contributed by atoms with Crippen LogP contribution in [0.3, 0.4) is 0 Å². The van der Waals surface area contributed by atoms with Crippen LogP contribution in [0, 0.1) is 0 Å². The molecule has 2 rings (SSSR count). The van der Waals surface area contributed by atoms with Crippen molar-refractivity contribution in [1.82, 2.24) is 14.7 Å². The average Bonchev–Trinajstić information content (AvgIpc) is 2.54. The molecule has 1 atom stereocenters. The minimum atomic E-state index is -0.207. The molecule has 6 heteroatoms. The molecule has 1 fully saturated rings. The zero-order chi connectivity index (χ0) is 17.0. The van der Waals surface area contributed by atoms with Gasteiger partial charge in [-0.15, -0.1) is 0 Å². The van der Waals surface area contributed by atoms with Crippen LogP contribution < -0.4 is 5.73 Å². The van der Waals surface area contributed by atoms with Crippen LogP contribution in [0.15, 0.2) is 36.0 Å². The Balaban J connectivity index is 2.37. The Morgan fingerprint density at radius 1 is 1.26 bits per heavy atom. The van der Waals surface area contributed by atoms with Crippen LogP contribution in [-0.2, 0) is 9.59 Å². The molecular formula is C17H24N4O2. The third kappa shape index (κ3) is 3.97. The third-order valence-electron chi connectivity index (χ3n) is 4.08. The zero-order valence-electron chi connectivity index (χ0n) is 13.9. The van der Waals surface area contributed by atoms with Crippen molar-refractivity contribution in [3.8, 4) is 0 Å². The lowest BCUT2D eigenvalue weighted by Gasteiger charge is -2.37. The number of hydrogen-bond donors (Lipinski definition) is 1. The lowest BCUT2D eigenvalue weighted by Crippen LogP contribution is -2.55. The maximum Gasteiger partial charge on any atom is 0.272 e. The number of carbonyl (C=O) groups excluding carboxylic acids is 2. The number of hydrogen-bond acceptors (Lipinski definition) is 4. The summed E-state index contributed by atoms with van der Waals surface area (Å²) in [5.74, 6) is -0.312. The maximum absolute atomic E-state index is 12.6. The first-order valence-corrected chi connectivity index (χ1v) is 7.67. The highest BCUT2D eigenvalue weighted by Gasteiger charge is 2.35. The first-order valence-electron chi connectivity index (χ1n) is 7.67. The smallest absolute Gasteiger partial charge is 0.272 e. The topological polar surface area (TPSA) is 69.9 Å².